The topological polar surface area (TPSA) is 89.7 Å². The molecule has 128 valence electrons. The van der Waals surface area contributed by atoms with Crippen LogP contribution in [0.5, 0.6) is 0 Å². The number of benzene rings is 1. The molecular weight excluding hydrogens is 316 g/mol. The van der Waals surface area contributed by atoms with Crippen LogP contribution in [0.4, 0.5) is 5.95 Å². The number of aromatic amines is 2. The van der Waals surface area contributed by atoms with Crippen LogP contribution in [0.25, 0.3) is 22.2 Å². The highest BCUT2D eigenvalue weighted by Crippen LogP contribution is 2.29. The molecule has 2 aromatic heterocycles. The second-order valence-electron chi connectivity index (χ2n) is 6.99. The quantitative estimate of drug-likeness (QED) is 0.679. The summed E-state index contributed by atoms with van der Waals surface area (Å²) in [6.07, 6.45) is 4.23. The Morgan fingerprint density at radius 1 is 1.16 bits per heavy atom. The fraction of sp³-hybridized carbons (Fsp3) is 0.389. The van der Waals surface area contributed by atoms with Crippen LogP contribution in [0.2, 0.25) is 0 Å². The molecule has 3 aromatic rings. The molecule has 7 nitrogen and oxygen atoms in total. The number of piperidine rings is 3. The van der Waals surface area contributed by atoms with Crippen molar-refractivity contribution in [1.82, 2.24) is 25.1 Å². The number of nitrogens with one attached hydrogen (secondary N) is 3. The van der Waals surface area contributed by atoms with Crippen LogP contribution in [0.1, 0.15) is 12.8 Å². The maximum atomic E-state index is 12.6. The van der Waals surface area contributed by atoms with Crippen molar-refractivity contribution in [2.75, 3.05) is 25.0 Å². The van der Waals surface area contributed by atoms with Gasteiger partial charge in [0.05, 0.1) is 0 Å². The molecule has 0 radical (unpaired) electrons. The largest absolute Gasteiger partial charge is 0.360 e. The third kappa shape index (κ3) is 2.51. The maximum absolute atomic E-state index is 12.6. The average Bonchev–Trinajstić information content (AvgIpc) is 3.07. The molecule has 3 fully saturated rings. The van der Waals surface area contributed by atoms with Crippen LogP contribution >= 0.6 is 0 Å². The van der Waals surface area contributed by atoms with Crippen molar-refractivity contribution >= 4 is 16.9 Å². The molecule has 3 saturated heterocycles. The van der Waals surface area contributed by atoms with E-state index in [-0.39, 0.29) is 5.56 Å². The Labute approximate surface area is 144 Å². The highest BCUT2D eigenvalue weighted by molar-refractivity contribution is 5.94. The summed E-state index contributed by atoms with van der Waals surface area (Å²) in [4.78, 5) is 21.1. The van der Waals surface area contributed by atoms with Crippen molar-refractivity contribution in [3.63, 3.8) is 0 Å². The molecule has 25 heavy (non-hydrogen) atoms. The lowest BCUT2D eigenvalue weighted by Gasteiger charge is -2.44. The number of fused-ring (bicyclic) bond motifs is 4. The molecule has 2 bridgehead atoms. The zero-order chi connectivity index (χ0) is 16.8. The van der Waals surface area contributed by atoms with Gasteiger partial charge >= 0.3 is 0 Å². The summed E-state index contributed by atoms with van der Waals surface area (Å²) in [7, 11) is 0. The Morgan fingerprint density at radius 2 is 2.00 bits per heavy atom. The standard InChI is InChI=1S/C18H20N6O/c25-17-16(13-9-19-14-4-2-1-3-12(13)14)22-23-18(21-17)20-15-10-24-7-5-11(15)6-8-24/h1-4,9,11,15,19H,5-8,10H2,(H2,20,21,23,25)/t15-/m1/s1. The van der Waals surface area contributed by atoms with Gasteiger partial charge in [-0.15, -0.1) is 10.2 Å². The third-order valence-electron chi connectivity index (χ3n) is 5.52. The lowest BCUT2D eigenvalue weighted by Crippen LogP contribution is -2.53. The Hall–Kier alpha value is -2.67. The van der Waals surface area contributed by atoms with Gasteiger partial charge in [0.25, 0.3) is 5.56 Å². The van der Waals surface area contributed by atoms with Crippen molar-refractivity contribution in [3.05, 3.63) is 40.8 Å². The van der Waals surface area contributed by atoms with E-state index in [1.165, 1.54) is 25.9 Å². The van der Waals surface area contributed by atoms with E-state index in [9.17, 15) is 4.79 Å². The Morgan fingerprint density at radius 3 is 2.76 bits per heavy atom. The summed E-state index contributed by atoms with van der Waals surface area (Å²) in [6, 6.07) is 8.20. The van der Waals surface area contributed by atoms with Crippen LogP contribution in [-0.2, 0) is 0 Å². The van der Waals surface area contributed by atoms with Crippen LogP contribution in [0.15, 0.2) is 35.3 Å². The van der Waals surface area contributed by atoms with Crippen molar-refractivity contribution < 1.29 is 0 Å². The highest BCUT2D eigenvalue weighted by Gasteiger charge is 2.34. The van der Waals surface area contributed by atoms with Crippen molar-refractivity contribution in [2.45, 2.75) is 18.9 Å². The van der Waals surface area contributed by atoms with Gasteiger partial charge in [0.15, 0.2) is 5.69 Å². The van der Waals surface area contributed by atoms with E-state index in [1.54, 1.807) is 0 Å². The monoisotopic (exact) mass is 336 g/mol. The summed E-state index contributed by atoms with van der Waals surface area (Å²) in [5.74, 6) is 1.12. The SMILES string of the molecule is O=c1[nH]c(N[C@@H]2CN3CCC2CC3)nnc1-c1c[nH]c2ccccc12. The second kappa shape index (κ2) is 5.70. The summed E-state index contributed by atoms with van der Waals surface area (Å²) in [6.45, 7) is 3.38. The number of hydrogen-bond acceptors (Lipinski definition) is 5. The smallest absolute Gasteiger partial charge is 0.279 e. The van der Waals surface area contributed by atoms with E-state index in [0.717, 1.165) is 23.0 Å². The zero-order valence-corrected chi connectivity index (χ0v) is 13.8. The summed E-state index contributed by atoms with van der Waals surface area (Å²) in [5.41, 5.74) is 1.88. The first-order chi connectivity index (χ1) is 12.3. The van der Waals surface area contributed by atoms with Gasteiger partial charge in [-0.2, -0.15) is 0 Å². The molecule has 0 amide bonds. The van der Waals surface area contributed by atoms with Crippen molar-refractivity contribution in [3.8, 4) is 11.3 Å². The number of hydrogen-bond donors (Lipinski definition) is 3. The predicted octanol–water partition coefficient (Wildman–Crippen LogP) is 1.82. The van der Waals surface area contributed by atoms with Crippen LogP contribution in [0.3, 0.4) is 0 Å². The maximum Gasteiger partial charge on any atom is 0.279 e. The minimum absolute atomic E-state index is 0.219. The number of rotatable bonds is 3. The molecule has 3 N–H and O–H groups in total. The van der Waals surface area contributed by atoms with Crippen molar-refractivity contribution in [2.24, 2.45) is 5.92 Å². The van der Waals surface area contributed by atoms with Crippen molar-refractivity contribution in [1.29, 1.82) is 0 Å². The molecule has 0 spiro atoms. The molecule has 0 unspecified atom stereocenters. The van der Waals surface area contributed by atoms with Gasteiger partial charge in [0, 0.05) is 35.2 Å². The van der Waals surface area contributed by atoms with E-state index >= 15 is 0 Å². The molecule has 5 heterocycles. The van der Waals surface area contributed by atoms with E-state index in [4.69, 9.17) is 0 Å². The first kappa shape index (κ1) is 14.7. The second-order valence-corrected chi connectivity index (χ2v) is 6.99. The molecule has 0 aliphatic carbocycles. The van der Waals surface area contributed by atoms with E-state index in [1.807, 2.05) is 30.5 Å². The normalized spacial score (nSPS) is 25.4. The molecule has 3 aliphatic rings. The van der Waals surface area contributed by atoms with Gasteiger partial charge in [0.1, 0.15) is 0 Å². The van der Waals surface area contributed by atoms with Crippen LogP contribution in [-0.4, -0.2) is 50.7 Å². The van der Waals surface area contributed by atoms with E-state index in [0.29, 0.717) is 23.6 Å². The van der Waals surface area contributed by atoms with Gasteiger partial charge in [-0.3, -0.25) is 9.78 Å². The third-order valence-corrected chi connectivity index (χ3v) is 5.52. The molecule has 0 saturated carbocycles. The Bertz CT molecular complexity index is 969. The van der Waals surface area contributed by atoms with Gasteiger partial charge in [0.2, 0.25) is 5.95 Å². The molecule has 3 aliphatic heterocycles. The molecule has 1 aromatic carbocycles. The molecular formula is C18H20N6O. The van der Waals surface area contributed by atoms with Gasteiger partial charge in [-0.25, -0.2) is 0 Å². The number of anilines is 1. The lowest BCUT2D eigenvalue weighted by atomic mass is 9.84. The molecule has 7 heteroatoms. The van der Waals surface area contributed by atoms with Crippen LogP contribution < -0.4 is 10.9 Å². The number of aromatic nitrogens is 4. The molecule has 1 atom stereocenters. The van der Waals surface area contributed by atoms with Gasteiger partial charge in [-0.1, -0.05) is 18.2 Å². The number of H-pyrrole nitrogens is 2. The van der Waals surface area contributed by atoms with Crippen LogP contribution in [0, 0.1) is 5.92 Å². The summed E-state index contributed by atoms with van der Waals surface area (Å²) in [5, 5.41) is 12.8. The summed E-state index contributed by atoms with van der Waals surface area (Å²) < 4.78 is 0. The summed E-state index contributed by atoms with van der Waals surface area (Å²) >= 11 is 0. The minimum atomic E-state index is -0.219. The highest BCUT2D eigenvalue weighted by atomic mass is 16.1. The fourth-order valence-corrected chi connectivity index (χ4v) is 4.15. The van der Waals surface area contributed by atoms with Gasteiger partial charge in [-0.05, 0) is 37.9 Å². The average molecular weight is 336 g/mol. The van der Waals surface area contributed by atoms with E-state index in [2.05, 4.69) is 30.4 Å². The predicted molar refractivity (Wildman–Crippen MR) is 96.5 cm³/mol. The first-order valence-electron chi connectivity index (χ1n) is 8.80. The lowest BCUT2D eigenvalue weighted by molar-refractivity contribution is 0.0971. The Balaban J connectivity index is 1.44. The number of para-hydroxylation sites is 1. The first-order valence-corrected chi connectivity index (χ1v) is 8.80. The molecule has 6 rings (SSSR count). The fourth-order valence-electron chi connectivity index (χ4n) is 4.15. The van der Waals surface area contributed by atoms with Gasteiger partial charge < -0.3 is 15.2 Å². The zero-order valence-electron chi connectivity index (χ0n) is 13.8. The van der Waals surface area contributed by atoms with E-state index < -0.39 is 0 Å². The minimum Gasteiger partial charge on any atom is -0.360 e. The number of nitrogens with zero attached hydrogens (tertiary/aromatic N) is 3. The Kier molecular flexibility index (Phi) is 3.34.